The first-order chi connectivity index (χ1) is 9.46. The molecule has 0 saturated heterocycles. The topological polar surface area (TPSA) is 86.5 Å². The Balaban J connectivity index is 2.03. The van der Waals surface area contributed by atoms with Gasteiger partial charge in [-0.3, -0.25) is 10.1 Å². The molecule has 1 saturated carbocycles. The van der Waals surface area contributed by atoms with Gasteiger partial charge in [-0.1, -0.05) is 25.3 Å². The van der Waals surface area contributed by atoms with Crippen LogP contribution in [0.1, 0.15) is 32.1 Å². The van der Waals surface area contributed by atoms with Gasteiger partial charge in [0.1, 0.15) is 5.75 Å². The summed E-state index contributed by atoms with van der Waals surface area (Å²) in [6, 6.07) is 5.23. The van der Waals surface area contributed by atoms with Crippen LogP contribution >= 0.6 is 0 Å². The van der Waals surface area contributed by atoms with E-state index < -0.39 is 15.0 Å². The second-order valence-electron chi connectivity index (χ2n) is 5.07. The fourth-order valence-corrected chi connectivity index (χ4v) is 3.85. The molecule has 0 atom stereocenters. The van der Waals surface area contributed by atoms with Crippen molar-refractivity contribution in [3.63, 3.8) is 0 Å². The lowest BCUT2D eigenvalue weighted by Gasteiger charge is -2.20. The molecule has 110 valence electrons. The number of benzene rings is 1. The lowest BCUT2D eigenvalue weighted by molar-refractivity contribution is -0.384. The van der Waals surface area contributed by atoms with Gasteiger partial charge in [0.25, 0.3) is 5.69 Å². The standard InChI is InChI=1S/C13H17NO5S/c15-14(16)12-7-4-8-13(9-12)19-20(17,18)10-11-5-2-1-3-6-11/h4,7-9,11H,1-3,5-6,10H2. The lowest BCUT2D eigenvalue weighted by atomic mass is 9.91. The Morgan fingerprint density at radius 3 is 2.60 bits per heavy atom. The number of nitro groups is 1. The van der Waals surface area contributed by atoms with Gasteiger partial charge >= 0.3 is 10.1 Å². The molecule has 1 aromatic carbocycles. The molecule has 1 aromatic rings. The Hall–Kier alpha value is -1.63. The van der Waals surface area contributed by atoms with Crippen LogP contribution in [-0.2, 0) is 10.1 Å². The Kier molecular flexibility index (Phi) is 4.59. The minimum Gasteiger partial charge on any atom is -0.382 e. The van der Waals surface area contributed by atoms with Crippen molar-refractivity contribution in [3.8, 4) is 5.75 Å². The normalized spacial score (nSPS) is 16.8. The molecule has 0 spiro atoms. The summed E-state index contributed by atoms with van der Waals surface area (Å²) in [5.41, 5.74) is -0.185. The molecule has 0 aromatic heterocycles. The second-order valence-corrected chi connectivity index (χ2v) is 6.68. The third-order valence-electron chi connectivity index (χ3n) is 3.42. The van der Waals surface area contributed by atoms with E-state index in [1.807, 2.05) is 0 Å². The van der Waals surface area contributed by atoms with Crippen LogP contribution in [0, 0.1) is 16.0 Å². The maximum Gasteiger partial charge on any atom is 0.309 e. The van der Waals surface area contributed by atoms with Gasteiger partial charge in [-0.2, -0.15) is 8.42 Å². The summed E-state index contributed by atoms with van der Waals surface area (Å²) in [7, 11) is -3.70. The summed E-state index contributed by atoms with van der Waals surface area (Å²) in [4.78, 5) is 10.1. The zero-order valence-corrected chi connectivity index (χ0v) is 11.8. The molecule has 0 unspecified atom stereocenters. The molecule has 6 nitrogen and oxygen atoms in total. The first-order valence-electron chi connectivity index (χ1n) is 6.63. The molecule has 0 N–H and O–H groups in total. The van der Waals surface area contributed by atoms with Crippen LogP contribution in [0.3, 0.4) is 0 Å². The maximum absolute atomic E-state index is 12.0. The summed E-state index contributed by atoms with van der Waals surface area (Å²) < 4.78 is 28.9. The molecule has 1 aliphatic rings. The summed E-state index contributed by atoms with van der Waals surface area (Å²) >= 11 is 0. The van der Waals surface area contributed by atoms with Crippen LogP contribution in [-0.4, -0.2) is 19.1 Å². The van der Waals surface area contributed by atoms with E-state index in [1.54, 1.807) is 0 Å². The Morgan fingerprint density at radius 1 is 1.25 bits per heavy atom. The van der Waals surface area contributed by atoms with Crippen molar-refractivity contribution < 1.29 is 17.5 Å². The largest absolute Gasteiger partial charge is 0.382 e. The fourth-order valence-electron chi connectivity index (χ4n) is 2.47. The zero-order chi connectivity index (χ0) is 14.6. The Bertz CT molecular complexity index is 578. The summed E-state index contributed by atoms with van der Waals surface area (Å²) in [6.07, 6.45) is 5.06. The van der Waals surface area contributed by atoms with Gasteiger partial charge in [-0.25, -0.2) is 0 Å². The van der Waals surface area contributed by atoms with Gasteiger partial charge in [0.15, 0.2) is 0 Å². The monoisotopic (exact) mass is 299 g/mol. The minimum absolute atomic E-state index is 0.00462. The third-order valence-corrected chi connectivity index (χ3v) is 4.74. The number of hydrogen-bond acceptors (Lipinski definition) is 5. The van der Waals surface area contributed by atoms with Crippen LogP contribution < -0.4 is 4.18 Å². The molecular formula is C13H17NO5S. The Morgan fingerprint density at radius 2 is 1.95 bits per heavy atom. The number of hydrogen-bond donors (Lipinski definition) is 0. The van der Waals surface area contributed by atoms with Crippen molar-refractivity contribution in [2.45, 2.75) is 32.1 Å². The van der Waals surface area contributed by atoms with Gasteiger partial charge < -0.3 is 4.18 Å². The van der Waals surface area contributed by atoms with Gasteiger partial charge in [0, 0.05) is 6.07 Å². The molecule has 1 aliphatic carbocycles. The van der Waals surface area contributed by atoms with E-state index in [9.17, 15) is 18.5 Å². The number of rotatable bonds is 5. The van der Waals surface area contributed by atoms with Crippen LogP contribution in [0.2, 0.25) is 0 Å². The molecule has 2 rings (SSSR count). The van der Waals surface area contributed by atoms with Crippen molar-refractivity contribution >= 4 is 15.8 Å². The average molecular weight is 299 g/mol. The van der Waals surface area contributed by atoms with Gasteiger partial charge in [0.05, 0.1) is 16.7 Å². The second kappa shape index (κ2) is 6.21. The molecule has 0 bridgehead atoms. The van der Waals surface area contributed by atoms with Gasteiger partial charge in [-0.05, 0) is 24.8 Å². The number of nitrogens with zero attached hydrogens (tertiary/aromatic N) is 1. The van der Waals surface area contributed by atoms with Crippen LogP contribution in [0.25, 0.3) is 0 Å². The predicted octanol–water partition coefficient (Wildman–Crippen LogP) is 2.88. The quantitative estimate of drug-likeness (QED) is 0.474. The van der Waals surface area contributed by atoms with Crippen molar-refractivity contribution in [2.75, 3.05) is 5.75 Å². The van der Waals surface area contributed by atoms with Crippen LogP contribution in [0.5, 0.6) is 5.75 Å². The molecule has 7 heteroatoms. The third kappa shape index (κ3) is 4.19. The van der Waals surface area contributed by atoms with E-state index in [1.165, 1.54) is 18.2 Å². The Labute approximate surface area is 118 Å². The highest BCUT2D eigenvalue weighted by Crippen LogP contribution is 2.26. The molecule has 0 aliphatic heterocycles. The highest BCUT2D eigenvalue weighted by atomic mass is 32.2. The summed E-state index contributed by atoms with van der Waals surface area (Å²) in [5.74, 6) is 0.109. The van der Waals surface area contributed by atoms with Crippen LogP contribution in [0.15, 0.2) is 24.3 Å². The van der Waals surface area contributed by atoms with Crippen molar-refractivity contribution in [1.82, 2.24) is 0 Å². The SMILES string of the molecule is O=[N+]([O-])c1cccc(OS(=O)(=O)CC2CCCCC2)c1. The highest BCUT2D eigenvalue weighted by molar-refractivity contribution is 7.87. The van der Waals surface area contributed by atoms with Crippen LogP contribution in [0.4, 0.5) is 5.69 Å². The molecule has 0 heterocycles. The van der Waals surface area contributed by atoms with E-state index >= 15 is 0 Å². The molecule has 0 radical (unpaired) electrons. The van der Waals surface area contributed by atoms with E-state index in [0.29, 0.717) is 0 Å². The van der Waals surface area contributed by atoms with Gasteiger partial charge in [0.2, 0.25) is 0 Å². The van der Waals surface area contributed by atoms with E-state index in [0.717, 1.165) is 38.2 Å². The fraction of sp³-hybridized carbons (Fsp3) is 0.538. The van der Waals surface area contributed by atoms with E-state index in [2.05, 4.69) is 0 Å². The lowest BCUT2D eigenvalue weighted by Crippen LogP contribution is -2.22. The van der Waals surface area contributed by atoms with Crippen molar-refractivity contribution in [3.05, 3.63) is 34.4 Å². The zero-order valence-electron chi connectivity index (χ0n) is 11.0. The molecule has 0 amide bonds. The smallest absolute Gasteiger partial charge is 0.309 e. The molecular weight excluding hydrogens is 282 g/mol. The minimum atomic E-state index is -3.70. The van der Waals surface area contributed by atoms with Crippen molar-refractivity contribution in [2.24, 2.45) is 5.92 Å². The first-order valence-corrected chi connectivity index (χ1v) is 8.21. The summed E-state index contributed by atoms with van der Waals surface area (Å²) in [5, 5.41) is 10.6. The predicted molar refractivity (Wildman–Crippen MR) is 74.1 cm³/mol. The van der Waals surface area contributed by atoms with E-state index in [4.69, 9.17) is 4.18 Å². The summed E-state index contributed by atoms with van der Waals surface area (Å²) in [6.45, 7) is 0. The molecule has 20 heavy (non-hydrogen) atoms. The van der Waals surface area contributed by atoms with Gasteiger partial charge in [-0.15, -0.1) is 0 Å². The highest BCUT2D eigenvalue weighted by Gasteiger charge is 2.23. The molecule has 1 fully saturated rings. The van der Waals surface area contributed by atoms with E-state index in [-0.39, 0.29) is 23.1 Å². The number of non-ortho nitro benzene ring substituents is 1. The first kappa shape index (κ1) is 14.8. The number of nitro benzene ring substituents is 1. The average Bonchev–Trinajstić information content (AvgIpc) is 2.39. The van der Waals surface area contributed by atoms with Crippen molar-refractivity contribution in [1.29, 1.82) is 0 Å². The maximum atomic E-state index is 12.0.